The minimum Gasteiger partial charge on any atom is -0.461 e. The molecule has 1 fully saturated rings. The van der Waals surface area contributed by atoms with Crippen molar-refractivity contribution in [3.05, 3.63) is 42.3 Å². The van der Waals surface area contributed by atoms with E-state index in [2.05, 4.69) is 25.6 Å². The number of allylic oxidation sites excluding steroid dienone is 1. The predicted octanol–water partition coefficient (Wildman–Crippen LogP) is 3.52. The highest BCUT2D eigenvalue weighted by atomic mass is 16.3. The predicted molar refractivity (Wildman–Crippen MR) is 99.4 cm³/mol. The molecule has 2 aromatic heterocycles. The van der Waals surface area contributed by atoms with Gasteiger partial charge in [0.15, 0.2) is 11.6 Å². The number of dihydropyridines is 1. The lowest BCUT2D eigenvalue weighted by molar-refractivity contribution is 0.248. The van der Waals surface area contributed by atoms with Crippen LogP contribution in [0.1, 0.15) is 37.3 Å². The van der Waals surface area contributed by atoms with E-state index in [9.17, 15) is 4.79 Å². The first-order chi connectivity index (χ1) is 12.8. The van der Waals surface area contributed by atoms with Gasteiger partial charge in [-0.25, -0.2) is 14.8 Å². The highest BCUT2D eigenvalue weighted by Gasteiger charge is 2.19. The number of amides is 2. The molecule has 0 radical (unpaired) electrons. The molecule has 26 heavy (non-hydrogen) atoms. The number of anilines is 1. The minimum absolute atomic E-state index is 0.0511. The fourth-order valence-corrected chi connectivity index (χ4v) is 3.32. The van der Waals surface area contributed by atoms with Crippen molar-refractivity contribution in [3.8, 4) is 11.6 Å². The number of furan rings is 1. The van der Waals surface area contributed by atoms with Gasteiger partial charge in [0.25, 0.3) is 0 Å². The Morgan fingerprint density at radius 2 is 2.12 bits per heavy atom. The third kappa shape index (κ3) is 3.82. The van der Waals surface area contributed by atoms with Crippen molar-refractivity contribution in [1.29, 1.82) is 0 Å². The highest BCUT2D eigenvalue weighted by Crippen LogP contribution is 2.25. The highest BCUT2D eigenvalue weighted by molar-refractivity contribution is 5.88. The number of nitrogens with one attached hydrogen (secondary N) is 2. The molecule has 1 unspecified atom stereocenters. The molecule has 2 amide bonds. The number of nitrogens with zero attached hydrogens (tertiary/aromatic N) is 3. The van der Waals surface area contributed by atoms with Crippen molar-refractivity contribution in [3.63, 3.8) is 0 Å². The number of urea groups is 1. The van der Waals surface area contributed by atoms with Gasteiger partial charge >= 0.3 is 6.03 Å². The lowest BCUT2D eigenvalue weighted by atomic mass is 10.0. The van der Waals surface area contributed by atoms with E-state index in [4.69, 9.17) is 4.42 Å². The monoisotopic (exact) mass is 351 g/mol. The maximum atomic E-state index is 12.3. The van der Waals surface area contributed by atoms with E-state index in [1.807, 2.05) is 12.2 Å². The van der Waals surface area contributed by atoms with Crippen molar-refractivity contribution >= 4 is 18.1 Å². The van der Waals surface area contributed by atoms with Crippen LogP contribution < -0.4 is 10.6 Å². The van der Waals surface area contributed by atoms with Crippen LogP contribution in [0.4, 0.5) is 10.6 Å². The average molecular weight is 351 g/mol. The van der Waals surface area contributed by atoms with Gasteiger partial charge in [-0.3, -0.25) is 10.3 Å². The molecule has 134 valence electrons. The van der Waals surface area contributed by atoms with Crippen molar-refractivity contribution in [1.82, 2.24) is 15.3 Å². The lowest BCUT2D eigenvalue weighted by Gasteiger charge is -2.16. The summed E-state index contributed by atoms with van der Waals surface area (Å²) in [6, 6.07) is 5.41. The zero-order chi connectivity index (χ0) is 17.8. The van der Waals surface area contributed by atoms with Crippen LogP contribution in [0.2, 0.25) is 0 Å². The average Bonchev–Trinajstić information content (AvgIpc) is 3.36. The largest absolute Gasteiger partial charge is 0.461 e. The van der Waals surface area contributed by atoms with E-state index in [1.165, 1.54) is 12.8 Å². The van der Waals surface area contributed by atoms with E-state index in [1.54, 1.807) is 30.7 Å². The van der Waals surface area contributed by atoms with Crippen LogP contribution in [0.15, 0.2) is 46.0 Å². The number of rotatable bonds is 4. The standard InChI is InChI=1S/C19H21N5O2/c25-19(21-14-6-1-2-7-14)24-17-11-15(13-5-3-9-20-12-13)22-18(23-17)16-8-4-10-26-16/h3-5,8-11,13-14H,1-2,6-7,12H2,(H2,21,22,23,24,25). The Morgan fingerprint density at radius 3 is 2.85 bits per heavy atom. The number of carbonyl (C=O) groups is 1. The number of aliphatic imine (C=N–C) groups is 1. The van der Waals surface area contributed by atoms with E-state index in [0.29, 0.717) is 23.9 Å². The molecule has 4 rings (SSSR count). The van der Waals surface area contributed by atoms with Gasteiger partial charge in [-0.2, -0.15) is 0 Å². The molecule has 1 atom stereocenters. The Kier molecular flexibility index (Phi) is 4.77. The molecule has 0 bridgehead atoms. The summed E-state index contributed by atoms with van der Waals surface area (Å²) in [7, 11) is 0. The maximum Gasteiger partial charge on any atom is 0.320 e. The summed E-state index contributed by atoms with van der Waals surface area (Å²) in [5.41, 5.74) is 0.802. The number of aromatic nitrogens is 2. The smallest absolute Gasteiger partial charge is 0.320 e. The molecule has 3 heterocycles. The van der Waals surface area contributed by atoms with Crippen molar-refractivity contribution in [2.24, 2.45) is 4.99 Å². The van der Waals surface area contributed by atoms with Crippen LogP contribution in [0.25, 0.3) is 11.6 Å². The maximum absolute atomic E-state index is 12.3. The topological polar surface area (TPSA) is 92.4 Å². The van der Waals surface area contributed by atoms with Crippen molar-refractivity contribution < 1.29 is 9.21 Å². The molecule has 0 aromatic carbocycles. The van der Waals surface area contributed by atoms with E-state index >= 15 is 0 Å². The van der Waals surface area contributed by atoms with Gasteiger partial charge in [0.1, 0.15) is 5.82 Å². The molecule has 0 spiro atoms. The molecular formula is C19H21N5O2. The van der Waals surface area contributed by atoms with Gasteiger partial charge in [-0.1, -0.05) is 18.9 Å². The van der Waals surface area contributed by atoms with Gasteiger partial charge in [0.05, 0.1) is 18.5 Å². The molecule has 2 aromatic rings. The summed E-state index contributed by atoms with van der Waals surface area (Å²) >= 11 is 0. The Morgan fingerprint density at radius 1 is 1.23 bits per heavy atom. The SMILES string of the molecule is O=C(Nc1cc(C2C=CC=NC2)nc(-c2ccco2)n1)NC1CCCC1. The Bertz CT molecular complexity index is 822. The van der Waals surface area contributed by atoms with Gasteiger partial charge in [-0.15, -0.1) is 0 Å². The molecule has 2 N–H and O–H groups in total. The van der Waals surface area contributed by atoms with Gasteiger partial charge in [0, 0.05) is 24.2 Å². The normalized spacial score (nSPS) is 19.6. The zero-order valence-corrected chi connectivity index (χ0v) is 14.4. The number of hydrogen-bond donors (Lipinski definition) is 2. The van der Waals surface area contributed by atoms with Crippen molar-refractivity contribution in [2.45, 2.75) is 37.6 Å². The van der Waals surface area contributed by atoms with Crippen LogP contribution in [-0.4, -0.2) is 34.8 Å². The van der Waals surface area contributed by atoms with Crippen LogP contribution in [0, 0.1) is 0 Å². The molecule has 2 aliphatic rings. The van der Waals surface area contributed by atoms with Gasteiger partial charge in [-0.05, 0) is 31.1 Å². The summed E-state index contributed by atoms with van der Waals surface area (Å²) in [5.74, 6) is 1.52. The van der Waals surface area contributed by atoms with E-state index in [0.717, 1.165) is 18.5 Å². The quantitative estimate of drug-likeness (QED) is 0.881. The molecule has 1 aliphatic heterocycles. The van der Waals surface area contributed by atoms with Crippen LogP contribution in [-0.2, 0) is 0 Å². The molecule has 1 aliphatic carbocycles. The summed E-state index contributed by atoms with van der Waals surface area (Å²) in [4.78, 5) is 25.7. The first kappa shape index (κ1) is 16.5. The van der Waals surface area contributed by atoms with Gasteiger partial charge in [0.2, 0.25) is 0 Å². The summed E-state index contributed by atoms with van der Waals surface area (Å²) in [6.07, 6.45) is 11.7. The minimum atomic E-state index is -0.232. The third-order valence-electron chi connectivity index (χ3n) is 4.64. The fourth-order valence-electron chi connectivity index (χ4n) is 3.32. The lowest BCUT2D eigenvalue weighted by Crippen LogP contribution is -2.36. The van der Waals surface area contributed by atoms with Gasteiger partial charge < -0.3 is 9.73 Å². The second-order valence-corrected chi connectivity index (χ2v) is 6.56. The molecule has 0 saturated heterocycles. The molecule has 1 saturated carbocycles. The van der Waals surface area contributed by atoms with Crippen LogP contribution in [0.3, 0.4) is 0 Å². The second-order valence-electron chi connectivity index (χ2n) is 6.56. The first-order valence-electron chi connectivity index (χ1n) is 8.95. The number of carbonyl (C=O) groups excluding carboxylic acids is 1. The summed E-state index contributed by atoms with van der Waals surface area (Å²) in [5, 5.41) is 5.85. The van der Waals surface area contributed by atoms with Crippen molar-refractivity contribution in [2.75, 3.05) is 11.9 Å². The Balaban J connectivity index is 1.58. The third-order valence-corrected chi connectivity index (χ3v) is 4.64. The summed E-state index contributed by atoms with van der Waals surface area (Å²) < 4.78 is 5.43. The molecular weight excluding hydrogens is 330 g/mol. The Hall–Kier alpha value is -2.96. The van der Waals surface area contributed by atoms with Crippen LogP contribution in [0.5, 0.6) is 0 Å². The summed E-state index contributed by atoms with van der Waals surface area (Å²) in [6.45, 7) is 0.624. The first-order valence-corrected chi connectivity index (χ1v) is 8.95. The molecule has 7 heteroatoms. The Labute approximate surface area is 151 Å². The van der Waals surface area contributed by atoms with Crippen LogP contribution >= 0.6 is 0 Å². The second kappa shape index (κ2) is 7.51. The fraction of sp³-hybridized carbons (Fsp3) is 0.368. The van der Waals surface area contributed by atoms with E-state index < -0.39 is 0 Å². The molecule has 7 nitrogen and oxygen atoms in total. The number of hydrogen-bond acceptors (Lipinski definition) is 5. The zero-order valence-electron chi connectivity index (χ0n) is 14.4. The van der Waals surface area contributed by atoms with E-state index in [-0.39, 0.29) is 18.0 Å².